The van der Waals surface area contributed by atoms with E-state index in [1.54, 1.807) is 11.1 Å². The maximum atomic E-state index is 3.85. The number of allylic oxidation sites excluding steroid dienone is 1. The van der Waals surface area contributed by atoms with Gasteiger partial charge >= 0.3 is 0 Å². The van der Waals surface area contributed by atoms with Crippen molar-refractivity contribution in [1.82, 2.24) is 5.32 Å². The van der Waals surface area contributed by atoms with Crippen molar-refractivity contribution in [3.05, 3.63) is 47.5 Å². The second kappa shape index (κ2) is 4.30. The molecule has 1 aromatic carbocycles. The summed E-state index contributed by atoms with van der Waals surface area (Å²) in [7, 11) is 0. The molecule has 1 nitrogen and oxygen atoms in total. The standard InChI is InChI=1S/C16H21N/c1-2-11-17-16-10-6-5-8-14(16)12-13-7-3-4-9-15(13)16/h3-7,9,14,17H,2,8,10-12H2,1H3. The molecule has 1 aromatic rings. The molecule has 0 bridgehead atoms. The molecule has 0 heterocycles. The van der Waals surface area contributed by atoms with Gasteiger partial charge in [0, 0.05) is 0 Å². The van der Waals surface area contributed by atoms with Gasteiger partial charge in [-0.15, -0.1) is 0 Å². The van der Waals surface area contributed by atoms with E-state index in [1.165, 1.54) is 19.3 Å². The molecule has 0 amide bonds. The van der Waals surface area contributed by atoms with Crippen molar-refractivity contribution in [2.45, 2.75) is 38.1 Å². The maximum absolute atomic E-state index is 3.85. The summed E-state index contributed by atoms with van der Waals surface area (Å²) in [6.45, 7) is 3.37. The Morgan fingerprint density at radius 2 is 2.18 bits per heavy atom. The fourth-order valence-corrected chi connectivity index (χ4v) is 3.54. The predicted octanol–water partition coefficient (Wildman–Crippen LogP) is 3.40. The van der Waals surface area contributed by atoms with Crippen LogP contribution >= 0.6 is 0 Å². The summed E-state index contributed by atoms with van der Waals surface area (Å²) in [5, 5.41) is 3.85. The summed E-state index contributed by atoms with van der Waals surface area (Å²) in [5.74, 6) is 0.761. The fourth-order valence-electron chi connectivity index (χ4n) is 3.54. The van der Waals surface area contributed by atoms with E-state index in [4.69, 9.17) is 0 Å². The van der Waals surface area contributed by atoms with E-state index < -0.39 is 0 Å². The molecule has 90 valence electrons. The van der Waals surface area contributed by atoms with Gasteiger partial charge in [0.2, 0.25) is 0 Å². The van der Waals surface area contributed by atoms with Gasteiger partial charge in [0.15, 0.2) is 0 Å². The number of nitrogens with one attached hydrogen (secondary N) is 1. The van der Waals surface area contributed by atoms with Crippen LogP contribution in [0.4, 0.5) is 0 Å². The highest BCUT2D eigenvalue weighted by atomic mass is 15.0. The first-order valence-corrected chi connectivity index (χ1v) is 6.85. The number of hydrogen-bond donors (Lipinski definition) is 1. The third kappa shape index (κ3) is 1.64. The van der Waals surface area contributed by atoms with Crippen molar-refractivity contribution in [1.29, 1.82) is 0 Å². The Labute approximate surface area is 104 Å². The van der Waals surface area contributed by atoms with Crippen molar-refractivity contribution in [2.24, 2.45) is 5.92 Å². The fraction of sp³-hybridized carbons (Fsp3) is 0.500. The van der Waals surface area contributed by atoms with Gasteiger partial charge in [0.25, 0.3) is 0 Å². The number of fused-ring (bicyclic) bond motifs is 3. The van der Waals surface area contributed by atoms with E-state index in [0.717, 1.165) is 18.9 Å². The van der Waals surface area contributed by atoms with Gasteiger partial charge in [-0.2, -0.15) is 0 Å². The molecule has 1 N–H and O–H groups in total. The molecule has 0 aliphatic heterocycles. The lowest BCUT2D eigenvalue weighted by Gasteiger charge is -2.39. The lowest BCUT2D eigenvalue weighted by molar-refractivity contribution is 0.223. The topological polar surface area (TPSA) is 12.0 Å². The van der Waals surface area contributed by atoms with Crippen LogP contribution in [0.25, 0.3) is 0 Å². The molecule has 2 aliphatic carbocycles. The number of rotatable bonds is 3. The smallest absolute Gasteiger partial charge is 0.0506 e. The third-order valence-electron chi connectivity index (χ3n) is 4.38. The molecule has 17 heavy (non-hydrogen) atoms. The molecule has 0 spiro atoms. The largest absolute Gasteiger partial charge is 0.307 e. The minimum absolute atomic E-state index is 0.237. The van der Waals surface area contributed by atoms with Crippen LogP contribution in [0.5, 0.6) is 0 Å². The Morgan fingerprint density at radius 1 is 1.29 bits per heavy atom. The van der Waals surface area contributed by atoms with Gasteiger partial charge < -0.3 is 5.32 Å². The summed E-state index contributed by atoms with van der Waals surface area (Å²) in [4.78, 5) is 0. The van der Waals surface area contributed by atoms with E-state index in [0.29, 0.717) is 0 Å². The van der Waals surface area contributed by atoms with Gasteiger partial charge in [-0.05, 0) is 49.3 Å². The average Bonchev–Trinajstić information content (AvgIpc) is 2.71. The van der Waals surface area contributed by atoms with Crippen molar-refractivity contribution in [3.8, 4) is 0 Å². The molecule has 2 atom stereocenters. The molecule has 0 fully saturated rings. The molecule has 3 rings (SSSR count). The maximum Gasteiger partial charge on any atom is 0.0506 e. The van der Waals surface area contributed by atoms with Crippen LogP contribution in [-0.2, 0) is 12.0 Å². The van der Waals surface area contributed by atoms with E-state index in [1.807, 2.05) is 0 Å². The molecular formula is C16H21N. The minimum atomic E-state index is 0.237. The second-order valence-electron chi connectivity index (χ2n) is 5.37. The summed E-state index contributed by atoms with van der Waals surface area (Å²) in [5.41, 5.74) is 3.36. The van der Waals surface area contributed by atoms with Crippen molar-refractivity contribution in [3.63, 3.8) is 0 Å². The summed E-state index contributed by atoms with van der Waals surface area (Å²) >= 11 is 0. The Morgan fingerprint density at radius 3 is 3.06 bits per heavy atom. The predicted molar refractivity (Wildman–Crippen MR) is 72.0 cm³/mol. The molecule has 1 heteroatoms. The Kier molecular flexibility index (Phi) is 2.79. The quantitative estimate of drug-likeness (QED) is 0.780. The third-order valence-corrected chi connectivity index (χ3v) is 4.38. The van der Waals surface area contributed by atoms with E-state index in [-0.39, 0.29) is 5.54 Å². The zero-order valence-electron chi connectivity index (χ0n) is 10.6. The lowest BCUT2D eigenvalue weighted by atomic mass is 9.75. The van der Waals surface area contributed by atoms with Crippen LogP contribution in [0.15, 0.2) is 36.4 Å². The summed E-state index contributed by atoms with van der Waals surface area (Å²) < 4.78 is 0. The van der Waals surface area contributed by atoms with Gasteiger partial charge in [0.05, 0.1) is 5.54 Å². The van der Waals surface area contributed by atoms with Crippen molar-refractivity contribution >= 4 is 0 Å². The molecule has 2 unspecified atom stereocenters. The highest BCUT2D eigenvalue weighted by Gasteiger charge is 2.45. The monoisotopic (exact) mass is 227 g/mol. The van der Waals surface area contributed by atoms with Gasteiger partial charge in [-0.1, -0.05) is 43.3 Å². The number of hydrogen-bond acceptors (Lipinski definition) is 1. The van der Waals surface area contributed by atoms with Crippen LogP contribution in [0.1, 0.15) is 37.3 Å². The zero-order chi connectivity index (χ0) is 11.7. The van der Waals surface area contributed by atoms with Crippen molar-refractivity contribution < 1.29 is 0 Å². The highest BCUT2D eigenvalue weighted by Crippen LogP contribution is 2.47. The first kappa shape index (κ1) is 11.0. The Balaban J connectivity index is 2.02. The normalized spacial score (nSPS) is 30.1. The Hall–Kier alpha value is -1.08. The first-order valence-electron chi connectivity index (χ1n) is 6.85. The van der Waals surface area contributed by atoms with Crippen LogP contribution < -0.4 is 5.32 Å². The van der Waals surface area contributed by atoms with E-state index >= 15 is 0 Å². The van der Waals surface area contributed by atoms with Crippen molar-refractivity contribution in [2.75, 3.05) is 6.54 Å². The van der Waals surface area contributed by atoms with Gasteiger partial charge in [-0.25, -0.2) is 0 Å². The second-order valence-corrected chi connectivity index (χ2v) is 5.37. The van der Waals surface area contributed by atoms with Crippen LogP contribution in [-0.4, -0.2) is 6.54 Å². The Bertz CT molecular complexity index is 435. The van der Waals surface area contributed by atoms with Crippen LogP contribution in [0.3, 0.4) is 0 Å². The molecule has 0 saturated heterocycles. The summed E-state index contributed by atoms with van der Waals surface area (Å²) in [6.07, 6.45) is 9.57. The minimum Gasteiger partial charge on any atom is -0.307 e. The molecular weight excluding hydrogens is 206 g/mol. The molecule has 2 aliphatic rings. The lowest BCUT2D eigenvalue weighted by Crippen LogP contribution is -2.47. The molecule has 0 aromatic heterocycles. The number of benzene rings is 1. The first-order chi connectivity index (χ1) is 8.37. The molecule has 0 radical (unpaired) electrons. The van der Waals surface area contributed by atoms with Crippen LogP contribution in [0, 0.1) is 5.92 Å². The average molecular weight is 227 g/mol. The van der Waals surface area contributed by atoms with E-state index in [9.17, 15) is 0 Å². The summed E-state index contributed by atoms with van der Waals surface area (Å²) in [6, 6.07) is 9.01. The van der Waals surface area contributed by atoms with Crippen LogP contribution in [0.2, 0.25) is 0 Å². The van der Waals surface area contributed by atoms with Gasteiger partial charge in [-0.3, -0.25) is 0 Å². The highest BCUT2D eigenvalue weighted by molar-refractivity contribution is 5.42. The van der Waals surface area contributed by atoms with Gasteiger partial charge in [0.1, 0.15) is 0 Å². The molecule has 0 saturated carbocycles. The van der Waals surface area contributed by atoms with E-state index in [2.05, 4.69) is 48.7 Å². The SMILES string of the molecule is CCCNC12CC=CCC1Cc1ccccc12. The zero-order valence-corrected chi connectivity index (χ0v) is 10.6.